The third-order valence-electron chi connectivity index (χ3n) is 7.52. The van der Waals surface area contributed by atoms with Gasteiger partial charge in [0.1, 0.15) is 18.0 Å². The van der Waals surface area contributed by atoms with Gasteiger partial charge < -0.3 is 30.1 Å². The Kier molecular flexibility index (Phi) is 10.1. The van der Waals surface area contributed by atoms with E-state index >= 15 is 0 Å². The molecule has 1 aliphatic carbocycles. The highest BCUT2D eigenvalue weighted by molar-refractivity contribution is 7.98. The van der Waals surface area contributed by atoms with Crippen molar-refractivity contribution in [1.29, 1.82) is 0 Å². The SMILES string of the molecule is CSCC[C@H](NC(=O)O)C(=O)NC1CCC(Oc2cc(-n3c(C(F)F)nc4ccccc43)nc(N3CCOCC3)n2)CC1. The molecular formula is C28H35F2N7O5S. The van der Waals surface area contributed by atoms with Crippen LogP contribution >= 0.6 is 11.8 Å². The first-order valence-corrected chi connectivity index (χ1v) is 15.6. The number of hydrogen-bond donors (Lipinski definition) is 3. The Balaban J connectivity index is 1.33. The summed E-state index contributed by atoms with van der Waals surface area (Å²) in [5.74, 6) is 0.761. The minimum absolute atomic E-state index is 0.115. The van der Waals surface area contributed by atoms with E-state index in [-0.39, 0.29) is 29.8 Å². The van der Waals surface area contributed by atoms with Gasteiger partial charge in [0, 0.05) is 25.2 Å². The zero-order valence-electron chi connectivity index (χ0n) is 23.7. The summed E-state index contributed by atoms with van der Waals surface area (Å²) in [4.78, 5) is 39.3. The second-order valence-electron chi connectivity index (χ2n) is 10.4. The van der Waals surface area contributed by atoms with Gasteiger partial charge in [0.05, 0.1) is 24.2 Å². The highest BCUT2D eigenvalue weighted by atomic mass is 32.2. The summed E-state index contributed by atoms with van der Waals surface area (Å²) < 4.78 is 41.4. The number of alkyl halides is 2. The molecule has 0 unspecified atom stereocenters. The van der Waals surface area contributed by atoms with Gasteiger partial charge in [-0.25, -0.2) is 18.6 Å². The molecule has 43 heavy (non-hydrogen) atoms. The quantitative estimate of drug-likeness (QED) is 0.290. The lowest BCUT2D eigenvalue weighted by molar-refractivity contribution is -0.124. The van der Waals surface area contributed by atoms with Crippen LogP contribution in [0.1, 0.15) is 44.4 Å². The van der Waals surface area contributed by atoms with Crippen LogP contribution in [0, 0.1) is 0 Å². The highest BCUT2D eigenvalue weighted by Crippen LogP contribution is 2.31. The van der Waals surface area contributed by atoms with Crippen molar-refractivity contribution >= 4 is 40.7 Å². The van der Waals surface area contributed by atoms with Crippen molar-refractivity contribution in [3.8, 4) is 11.7 Å². The first-order valence-electron chi connectivity index (χ1n) is 14.3. The number of benzene rings is 1. The standard InChI is InChI=1S/C28H35F2N7O5S/c1-43-15-10-20(33-28(39)40)26(38)31-17-6-8-18(9-7-17)42-23-16-22(34-27(35-23)36-11-13-41-14-12-36)37-21-5-3-2-4-19(21)32-25(37)24(29)30/h2-5,16-18,20,24,33H,6-15H2,1H3,(H,31,38)(H,39,40)/t17?,18?,20-/m0/s1. The van der Waals surface area contributed by atoms with E-state index in [1.54, 1.807) is 42.1 Å². The molecule has 2 aliphatic rings. The van der Waals surface area contributed by atoms with Crippen molar-refractivity contribution in [1.82, 2.24) is 30.2 Å². The Bertz CT molecular complexity index is 1410. The van der Waals surface area contributed by atoms with Gasteiger partial charge in [-0.05, 0) is 56.2 Å². The van der Waals surface area contributed by atoms with Crippen LogP contribution in [0.2, 0.25) is 0 Å². The fourth-order valence-corrected chi connectivity index (χ4v) is 5.83. The van der Waals surface area contributed by atoms with Crippen molar-refractivity contribution in [3.05, 3.63) is 36.2 Å². The van der Waals surface area contributed by atoms with Crippen molar-refractivity contribution in [2.75, 3.05) is 43.2 Å². The summed E-state index contributed by atoms with van der Waals surface area (Å²) in [6.45, 7) is 2.09. The molecule has 15 heteroatoms. The molecule has 3 aromatic rings. The summed E-state index contributed by atoms with van der Waals surface area (Å²) in [7, 11) is 0. The molecule has 0 bridgehead atoms. The van der Waals surface area contributed by atoms with E-state index in [0.29, 0.717) is 81.1 Å². The molecule has 5 rings (SSSR count). The van der Waals surface area contributed by atoms with Crippen LogP contribution in [0.4, 0.5) is 19.5 Å². The number of imidazole rings is 1. The van der Waals surface area contributed by atoms with Crippen LogP contribution in [-0.4, -0.2) is 93.1 Å². The van der Waals surface area contributed by atoms with E-state index in [1.807, 2.05) is 11.2 Å². The Hall–Kier alpha value is -3.72. The van der Waals surface area contributed by atoms with Gasteiger partial charge in [0.25, 0.3) is 6.43 Å². The molecule has 1 aliphatic heterocycles. The van der Waals surface area contributed by atoms with E-state index in [2.05, 4.69) is 25.6 Å². The topological polar surface area (TPSA) is 144 Å². The molecule has 0 radical (unpaired) electrons. The number of thioether (sulfide) groups is 1. The van der Waals surface area contributed by atoms with Gasteiger partial charge in [0.2, 0.25) is 17.7 Å². The molecule has 1 aromatic carbocycles. The molecular weight excluding hydrogens is 584 g/mol. The second kappa shape index (κ2) is 14.2. The number of anilines is 1. The molecule has 2 amide bonds. The normalized spacial score (nSPS) is 19.8. The molecule has 2 aromatic heterocycles. The molecule has 3 heterocycles. The number of morpholine rings is 1. The third kappa shape index (κ3) is 7.63. The van der Waals surface area contributed by atoms with Crippen LogP contribution < -0.4 is 20.3 Å². The third-order valence-corrected chi connectivity index (χ3v) is 8.16. The number of carbonyl (C=O) groups is 2. The lowest BCUT2D eigenvalue weighted by Crippen LogP contribution is -2.50. The number of para-hydroxylation sites is 2. The summed E-state index contributed by atoms with van der Waals surface area (Å²) in [5.41, 5.74) is 0.932. The molecule has 1 atom stereocenters. The maximum absolute atomic E-state index is 14.1. The zero-order chi connectivity index (χ0) is 30.3. The number of aromatic nitrogens is 4. The van der Waals surface area contributed by atoms with Crippen molar-refractivity contribution in [2.45, 2.75) is 56.7 Å². The Morgan fingerprint density at radius 2 is 1.88 bits per heavy atom. The Labute approximate surface area is 251 Å². The monoisotopic (exact) mass is 619 g/mol. The first-order chi connectivity index (χ1) is 20.8. The number of fused-ring (bicyclic) bond motifs is 1. The number of nitrogens with zero attached hydrogens (tertiary/aromatic N) is 5. The molecule has 3 N–H and O–H groups in total. The average Bonchev–Trinajstić information content (AvgIpc) is 3.41. The van der Waals surface area contributed by atoms with Crippen LogP contribution in [0.3, 0.4) is 0 Å². The van der Waals surface area contributed by atoms with E-state index in [4.69, 9.17) is 14.6 Å². The van der Waals surface area contributed by atoms with E-state index in [9.17, 15) is 18.4 Å². The van der Waals surface area contributed by atoms with Gasteiger partial charge >= 0.3 is 6.09 Å². The van der Waals surface area contributed by atoms with Gasteiger partial charge in [-0.1, -0.05) is 12.1 Å². The predicted octanol–water partition coefficient (Wildman–Crippen LogP) is 3.79. The Morgan fingerprint density at radius 3 is 2.58 bits per heavy atom. The van der Waals surface area contributed by atoms with Crippen LogP contribution in [0.25, 0.3) is 16.9 Å². The van der Waals surface area contributed by atoms with Crippen LogP contribution in [-0.2, 0) is 9.53 Å². The Morgan fingerprint density at radius 1 is 1.14 bits per heavy atom. The number of rotatable bonds is 11. The number of ether oxygens (including phenoxy) is 2. The van der Waals surface area contributed by atoms with Crippen LogP contribution in [0.5, 0.6) is 5.88 Å². The molecule has 232 valence electrons. The number of carbonyl (C=O) groups excluding carboxylic acids is 1. The second-order valence-corrected chi connectivity index (χ2v) is 11.4. The highest BCUT2D eigenvalue weighted by Gasteiger charge is 2.29. The number of carboxylic acid groups (broad SMARTS) is 1. The first kappa shape index (κ1) is 30.7. The van der Waals surface area contributed by atoms with Crippen LogP contribution in [0.15, 0.2) is 30.3 Å². The summed E-state index contributed by atoms with van der Waals surface area (Å²) in [5, 5.41) is 14.4. The van der Waals surface area contributed by atoms with Gasteiger partial charge in [-0.15, -0.1) is 0 Å². The number of hydrogen-bond acceptors (Lipinski definition) is 9. The zero-order valence-corrected chi connectivity index (χ0v) is 24.6. The maximum atomic E-state index is 14.1. The molecule has 12 nitrogen and oxygen atoms in total. The smallest absolute Gasteiger partial charge is 0.405 e. The number of halogens is 2. The van der Waals surface area contributed by atoms with Crippen molar-refractivity contribution in [2.24, 2.45) is 0 Å². The number of nitrogens with one attached hydrogen (secondary N) is 2. The predicted molar refractivity (Wildman–Crippen MR) is 157 cm³/mol. The van der Waals surface area contributed by atoms with E-state index < -0.39 is 24.4 Å². The minimum Gasteiger partial charge on any atom is -0.474 e. The lowest BCUT2D eigenvalue weighted by atomic mass is 9.92. The summed E-state index contributed by atoms with van der Waals surface area (Å²) in [6, 6.07) is 7.54. The number of amides is 2. The fraction of sp³-hybridized carbons (Fsp3) is 0.536. The molecule has 1 saturated heterocycles. The maximum Gasteiger partial charge on any atom is 0.405 e. The van der Waals surface area contributed by atoms with E-state index in [1.165, 1.54) is 4.57 Å². The van der Waals surface area contributed by atoms with Crippen molar-refractivity contribution < 1.29 is 33.0 Å². The fourth-order valence-electron chi connectivity index (χ4n) is 5.36. The molecule has 1 saturated carbocycles. The van der Waals surface area contributed by atoms with Gasteiger partial charge in [-0.2, -0.15) is 21.7 Å². The average molecular weight is 620 g/mol. The molecule has 2 fully saturated rings. The minimum atomic E-state index is -2.82. The summed E-state index contributed by atoms with van der Waals surface area (Å²) in [6.07, 6.45) is 0.536. The lowest BCUT2D eigenvalue weighted by Gasteiger charge is -2.31. The van der Waals surface area contributed by atoms with Gasteiger partial charge in [-0.3, -0.25) is 9.36 Å². The van der Waals surface area contributed by atoms with Gasteiger partial charge in [0.15, 0.2) is 5.82 Å². The van der Waals surface area contributed by atoms with E-state index in [0.717, 1.165) is 0 Å². The van der Waals surface area contributed by atoms with Crippen molar-refractivity contribution in [3.63, 3.8) is 0 Å². The largest absolute Gasteiger partial charge is 0.474 e. The molecule has 0 spiro atoms. The summed E-state index contributed by atoms with van der Waals surface area (Å²) >= 11 is 1.54.